The molecular formula is C26H21ClN2O5. The molecule has 5 atom stereocenters. The lowest BCUT2D eigenvalue weighted by Gasteiger charge is -2.19. The second-order valence-corrected chi connectivity index (χ2v) is 9.69. The summed E-state index contributed by atoms with van der Waals surface area (Å²) in [6, 6.07) is 13.4. The molecule has 2 heterocycles. The Kier molecular flexibility index (Phi) is 4.85. The molecule has 8 heteroatoms. The average molecular weight is 477 g/mol. The molecule has 34 heavy (non-hydrogen) atoms. The summed E-state index contributed by atoms with van der Waals surface area (Å²) in [6.07, 6.45) is 4.98. The fourth-order valence-corrected chi connectivity index (χ4v) is 6.05. The highest BCUT2D eigenvalue weighted by Gasteiger charge is 2.59. The SMILES string of the molecule is O=C(Oc1cccc(N2C(=O)[C@@H]3[C@H](C2=O)[C@H]2C=C[C@H]3C2)c1)[C@@H]1CC(=O)N(c2ccccc2Cl)C1. The van der Waals surface area contributed by atoms with Gasteiger partial charge in [0.1, 0.15) is 5.75 Å². The minimum Gasteiger partial charge on any atom is -0.426 e. The Morgan fingerprint density at radius 2 is 1.65 bits per heavy atom. The van der Waals surface area contributed by atoms with E-state index in [1.165, 1.54) is 15.9 Å². The third-order valence-electron chi connectivity index (χ3n) is 7.37. The van der Waals surface area contributed by atoms with Crippen LogP contribution in [0.2, 0.25) is 5.02 Å². The topological polar surface area (TPSA) is 84.0 Å². The number of allylic oxidation sites excluding steroid dienone is 2. The van der Waals surface area contributed by atoms with E-state index in [9.17, 15) is 19.2 Å². The highest BCUT2D eigenvalue weighted by molar-refractivity contribution is 6.34. The number of anilines is 2. The highest BCUT2D eigenvalue weighted by Crippen LogP contribution is 2.53. The molecule has 2 aromatic rings. The maximum atomic E-state index is 13.1. The van der Waals surface area contributed by atoms with Gasteiger partial charge in [-0.05, 0) is 42.5 Å². The van der Waals surface area contributed by atoms with E-state index in [4.69, 9.17) is 16.3 Å². The molecule has 3 fully saturated rings. The molecular weight excluding hydrogens is 456 g/mol. The summed E-state index contributed by atoms with van der Waals surface area (Å²) < 4.78 is 5.57. The van der Waals surface area contributed by atoms with Crippen LogP contribution in [0, 0.1) is 29.6 Å². The van der Waals surface area contributed by atoms with E-state index < -0.39 is 11.9 Å². The van der Waals surface area contributed by atoms with E-state index >= 15 is 0 Å². The molecule has 172 valence electrons. The number of halogens is 1. The van der Waals surface area contributed by atoms with Crippen LogP contribution >= 0.6 is 11.6 Å². The monoisotopic (exact) mass is 476 g/mol. The standard InChI is InChI=1S/C26H21ClN2O5/c27-19-6-1-2-7-20(19)28-13-16(11-21(28)30)26(33)34-18-5-3-4-17(12-18)29-24(31)22-14-8-9-15(10-14)23(22)25(29)32/h1-9,12,14-16,22-23H,10-11,13H2/t14-,15-,16+,22-,23+/m0/s1. The van der Waals surface area contributed by atoms with Gasteiger partial charge < -0.3 is 9.64 Å². The molecule has 2 aromatic carbocycles. The van der Waals surface area contributed by atoms with Crippen molar-refractivity contribution in [1.29, 1.82) is 0 Å². The molecule has 2 aliphatic carbocycles. The van der Waals surface area contributed by atoms with Crippen LogP contribution in [0.25, 0.3) is 0 Å². The number of nitrogens with zero attached hydrogens (tertiary/aromatic N) is 2. The zero-order chi connectivity index (χ0) is 23.6. The van der Waals surface area contributed by atoms with E-state index in [-0.39, 0.29) is 60.1 Å². The number of rotatable bonds is 4. The number of hydrogen-bond acceptors (Lipinski definition) is 5. The molecule has 2 bridgehead atoms. The third-order valence-corrected chi connectivity index (χ3v) is 7.69. The first kappa shape index (κ1) is 21.1. The lowest BCUT2D eigenvalue weighted by atomic mass is 9.85. The summed E-state index contributed by atoms with van der Waals surface area (Å²) >= 11 is 6.21. The van der Waals surface area contributed by atoms with Crippen molar-refractivity contribution in [3.8, 4) is 5.75 Å². The van der Waals surface area contributed by atoms with Gasteiger partial charge in [0, 0.05) is 19.0 Å². The van der Waals surface area contributed by atoms with Gasteiger partial charge in [-0.3, -0.25) is 19.2 Å². The van der Waals surface area contributed by atoms with Gasteiger partial charge in [0.05, 0.1) is 34.2 Å². The number of imide groups is 1. The lowest BCUT2D eigenvalue weighted by Crippen LogP contribution is -2.32. The van der Waals surface area contributed by atoms with Crippen molar-refractivity contribution < 1.29 is 23.9 Å². The molecule has 0 radical (unpaired) electrons. The zero-order valence-corrected chi connectivity index (χ0v) is 18.9. The molecule has 6 rings (SSSR count). The van der Waals surface area contributed by atoms with Gasteiger partial charge in [0.25, 0.3) is 0 Å². The Morgan fingerprint density at radius 1 is 0.941 bits per heavy atom. The molecule has 7 nitrogen and oxygen atoms in total. The largest absolute Gasteiger partial charge is 0.426 e. The summed E-state index contributed by atoms with van der Waals surface area (Å²) in [6.45, 7) is 0.170. The van der Waals surface area contributed by atoms with Gasteiger partial charge in [-0.25, -0.2) is 4.90 Å². The van der Waals surface area contributed by atoms with Crippen molar-refractivity contribution in [3.63, 3.8) is 0 Å². The maximum absolute atomic E-state index is 13.1. The average Bonchev–Trinajstić information content (AvgIpc) is 3.58. The fourth-order valence-electron chi connectivity index (χ4n) is 5.81. The summed E-state index contributed by atoms with van der Waals surface area (Å²) in [5, 5.41) is 0.436. The van der Waals surface area contributed by atoms with E-state index in [0.717, 1.165) is 6.42 Å². The van der Waals surface area contributed by atoms with Gasteiger partial charge in [0.2, 0.25) is 17.7 Å². The molecule has 2 aliphatic heterocycles. The lowest BCUT2D eigenvalue weighted by molar-refractivity contribution is -0.139. The minimum atomic E-state index is -0.650. The van der Waals surface area contributed by atoms with Crippen LogP contribution in [-0.4, -0.2) is 30.2 Å². The highest BCUT2D eigenvalue weighted by atomic mass is 35.5. The van der Waals surface area contributed by atoms with Gasteiger partial charge in [-0.1, -0.05) is 42.0 Å². The summed E-state index contributed by atoms with van der Waals surface area (Å²) in [5.41, 5.74) is 0.959. The molecule has 1 saturated carbocycles. The third kappa shape index (κ3) is 3.18. The van der Waals surface area contributed by atoms with E-state index in [0.29, 0.717) is 16.4 Å². The number of para-hydroxylation sites is 1. The number of carbonyl (C=O) groups excluding carboxylic acids is 4. The van der Waals surface area contributed by atoms with Crippen LogP contribution in [-0.2, 0) is 19.2 Å². The smallest absolute Gasteiger partial charge is 0.316 e. The maximum Gasteiger partial charge on any atom is 0.316 e. The van der Waals surface area contributed by atoms with Crippen LogP contribution in [0.4, 0.5) is 11.4 Å². The predicted molar refractivity (Wildman–Crippen MR) is 124 cm³/mol. The molecule has 2 saturated heterocycles. The number of benzene rings is 2. The van der Waals surface area contributed by atoms with Crippen molar-refractivity contribution in [1.82, 2.24) is 0 Å². The second-order valence-electron chi connectivity index (χ2n) is 9.29. The van der Waals surface area contributed by atoms with Crippen molar-refractivity contribution in [2.75, 3.05) is 16.3 Å². The Labute approximate surface area is 200 Å². The zero-order valence-electron chi connectivity index (χ0n) is 18.1. The number of amides is 3. The summed E-state index contributed by atoms with van der Waals surface area (Å²) in [7, 11) is 0. The summed E-state index contributed by atoms with van der Waals surface area (Å²) in [5.74, 6) is -1.89. The van der Waals surface area contributed by atoms with E-state index in [1.54, 1.807) is 42.5 Å². The Bertz CT molecular complexity index is 1240. The number of esters is 1. The van der Waals surface area contributed by atoms with Crippen molar-refractivity contribution >= 4 is 46.7 Å². The molecule has 0 N–H and O–H groups in total. The van der Waals surface area contributed by atoms with Crippen LogP contribution in [0.15, 0.2) is 60.7 Å². The first-order chi connectivity index (χ1) is 16.4. The summed E-state index contributed by atoms with van der Waals surface area (Å²) in [4.78, 5) is 54.2. The number of fused-ring (bicyclic) bond motifs is 5. The van der Waals surface area contributed by atoms with Crippen molar-refractivity contribution in [3.05, 3.63) is 65.7 Å². The molecule has 0 aromatic heterocycles. The van der Waals surface area contributed by atoms with Crippen LogP contribution in [0.5, 0.6) is 5.75 Å². The molecule has 4 aliphatic rings. The van der Waals surface area contributed by atoms with Gasteiger partial charge in [0.15, 0.2) is 0 Å². The number of ether oxygens (including phenoxy) is 1. The first-order valence-corrected chi connectivity index (χ1v) is 11.7. The Balaban J connectivity index is 1.18. The first-order valence-electron chi connectivity index (χ1n) is 11.3. The van der Waals surface area contributed by atoms with Crippen molar-refractivity contribution in [2.45, 2.75) is 12.8 Å². The van der Waals surface area contributed by atoms with Crippen LogP contribution < -0.4 is 14.5 Å². The van der Waals surface area contributed by atoms with Gasteiger partial charge >= 0.3 is 5.97 Å². The molecule has 0 spiro atoms. The Morgan fingerprint density at radius 3 is 2.35 bits per heavy atom. The second kappa shape index (κ2) is 7.81. The fraction of sp³-hybridized carbons (Fsp3) is 0.308. The van der Waals surface area contributed by atoms with E-state index in [1.807, 2.05) is 12.2 Å². The quantitative estimate of drug-likeness (QED) is 0.291. The molecule has 0 unspecified atom stereocenters. The number of hydrogen-bond donors (Lipinski definition) is 0. The Hall–Kier alpha value is -3.45. The normalized spacial score (nSPS) is 29.3. The van der Waals surface area contributed by atoms with Crippen LogP contribution in [0.3, 0.4) is 0 Å². The predicted octanol–water partition coefficient (Wildman–Crippen LogP) is 3.61. The van der Waals surface area contributed by atoms with Crippen molar-refractivity contribution in [2.24, 2.45) is 29.6 Å². The van der Waals surface area contributed by atoms with Gasteiger partial charge in [-0.15, -0.1) is 0 Å². The van der Waals surface area contributed by atoms with Crippen LogP contribution in [0.1, 0.15) is 12.8 Å². The van der Waals surface area contributed by atoms with Gasteiger partial charge in [-0.2, -0.15) is 0 Å². The number of carbonyl (C=O) groups is 4. The minimum absolute atomic E-state index is 0.0198. The van der Waals surface area contributed by atoms with E-state index in [2.05, 4.69) is 0 Å². The molecule has 3 amide bonds.